The van der Waals surface area contributed by atoms with Gasteiger partial charge in [-0.15, -0.1) is 0 Å². The van der Waals surface area contributed by atoms with Crippen molar-refractivity contribution in [2.75, 3.05) is 4.31 Å². The van der Waals surface area contributed by atoms with Crippen LogP contribution in [0.3, 0.4) is 0 Å². The lowest BCUT2D eigenvalue weighted by atomic mass is 10.1. The Bertz CT molecular complexity index is 1920. The molecule has 3 aromatic heterocycles. The summed E-state index contributed by atoms with van der Waals surface area (Å²) < 4.78 is 40.2. The minimum absolute atomic E-state index is 0.0690. The Morgan fingerprint density at radius 2 is 1.74 bits per heavy atom. The van der Waals surface area contributed by atoms with E-state index in [1.807, 2.05) is 0 Å². The highest BCUT2D eigenvalue weighted by Crippen LogP contribution is 2.39. The minimum Gasteiger partial charge on any atom is -0.459 e. The summed E-state index contributed by atoms with van der Waals surface area (Å²) in [5, 5.41) is 1.52. The van der Waals surface area contributed by atoms with E-state index >= 15 is 0 Å². The number of para-hydroxylation sites is 1. The van der Waals surface area contributed by atoms with Gasteiger partial charge in [0.15, 0.2) is 11.3 Å². The molecule has 172 valence electrons. The van der Waals surface area contributed by atoms with E-state index in [1.165, 1.54) is 36.7 Å². The molecule has 6 aromatic rings. The van der Waals surface area contributed by atoms with E-state index < -0.39 is 20.9 Å². The van der Waals surface area contributed by atoms with Gasteiger partial charge in [-0.1, -0.05) is 53.8 Å². The lowest BCUT2D eigenvalue weighted by Crippen LogP contribution is -2.37. The number of benzene rings is 3. The number of furan rings is 1. The number of carbonyl (C=O) groups excluding carboxylic acids is 1. The molecule has 0 N–H and O–H groups in total. The second kappa shape index (κ2) is 7.90. The fraction of sp³-hybridized carbons (Fsp3) is 0. The van der Waals surface area contributed by atoms with Crippen molar-refractivity contribution >= 4 is 64.9 Å². The molecule has 1 amide bonds. The molecule has 0 aliphatic carbocycles. The van der Waals surface area contributed by atoms with Gasteiger partial charge in [-0.05, 0) is 30.3 Å². The topological polar surface area (TPSA) is 111 Å². The van der Waals surface area contributed by atoms with Gasteiger partial charge in [-0.3, -0.25) is 9.78 Å². The van der Waals surface area contributed by atoms with Gasteiger partial charge in [-0.25, -0.2) is 13.2 Å². The summed E-state index contributed by atoms with van der Waals surface area (Å²) >= 11 is 0.826. The van der Waals surface area contributed by atoms with Crippen LogP contribution in [-0.4, -0.2) is 19.3 Å². The average molecular weight is 503 g/mol. The molecule has 0 spiro atoms. The van der Waals surface area contributed by atoms with Crippen molar-refractivity contribution in [3.05, 3.63) is 101 Å². The van der Waals surface area contributed by atoms with Crippen molar-refractivity contribution in [2.24, 2.45) is 0 Å². The lowest BCUT2D eigenvalue weighted by molar-refractivity contribution is 0.0979. The van der Waals surface area contributed by atoms with Crippen LogP contribution in [0.1, 0.15) is 10.6 Å². The molecule has 0 saturated heterocycles. The zero-order chi connectivity index (χ0) is 24.2. The molecule has 8 nitrogen and oxygen atoms in total. The Balaban J connectivity index is 1.71. The number of hydrogen-bond donors (Lipinski definition) is 0. The zero-order valence-corrected chi connectivity index (χ0v) is 19.4. The van der Waals surface area contributed by atoms with E-state index in [9.17, 15) is 18.0 Å². The van der Waals surface area contributed by atoms with Gasteiger partial charge < -0.3 is 8.83 Å². The van der Waals surface area contributed by atoms with Crippen LogP contribution in [0, 0.1) is 0 Å². The summed E-state index contributed by atoms with van der Waals surface area (Å²) in [5.41, 5.74) is 0.624. The first kappa shape index (κ1) is 21.3. The normalized spacial score (nSPS) is 11.9. The van der Waals surface area contributed by atoms with Crippen LogP contribution < -0.4 is 9.24 Å². The van der Waals surface area contributed by atoms with Gasteiger partial charge >= 0.3 is 10.8 Å². The minimum atomic E-state index is -4.50. The maximum atomic E-state index is 14.2. The molecule has 0 saturated carbocycles. The van der Waals surface area contributed by atoms with E-state index in [1.54, 1.807) is 48.5 Å². The standard InChI is InChI=1S/C25H14N2O6S2/c28-24(19-10-5-13-32-19)27(35(30,31)21-11-3-6-15-7-4-12-26-22(15)21)18-14-20-23(33-25(29)34-20)17-9-2-1-8-16(17)18/h1-14H. The van der Waals surface area contributed by atoms with Crippen LogP contribution in [-0.2, 0) is 10.0 Å². The predicted octanol–water partition coefficient (Wildman–Crippen LogP) is 5.18. The SMILES string of the molecule is O=C(c1ccco1)N(c1cc2sc(=O)oc2c2ccccc12)S(=O)(=O)c1cccc2cccnc12. The average Bonchev–Trinajstić information content (AvgIpc) is 3.53. The van der Waals surface area contributed by atoms with Crippen molar-refractivity contribution in [1.29, 1.82) is 0 Å². The van der Waals surface area contributed by atoms with Crippen molar-refractivity contribution in [3.63, 3.8) is 0 Å². The number of hydrogen-bond acceptors (Lipinski definition) is 8. The van der Waals surface area contributed by atoms with Gasteiger partial charge in [0.1, 0.15) is 4.90 Å². The summed E-state index contributed by atoms with van der Waals surface area (Å²) in [4.78, 5) is 29.3. The first-order valence-electron chi connectivity index (χ1n) is 10.4. The lowest BCUT2D eigenvalue weighted by Gasteiger charge is -2.23. The second-order valence-electron chi connectivity index (χ2n) is 7.61. The van der Waals surface area contributed by atoms with Gasteiger partial charge in [0.2, 0.25) is 0 Å². The van der Waals surface area contributed by atoms with E-state index in [0.717, 1.165) is 11.3 Å². The van der Waals surface area contributed by atoms with Crippen LogP contribution in [0.25, 0.3) is 32.0 Å². The third kappa shape index (κ3) is 3.34. The van der Waals surface area contributed by atoms with E-state index in [-0.39, 0.29) is 21.9 Å². The van der Waals surface area contributed by atoms with E-state index in [0.29, 0.717) is 30.7 Å². The smallest absolute Gasteiger partial charge is 0.396 e. The molecular formula is C25H14N2O6S2. The maximum Gasteiger partial charge on any atom is 0.396 e. The molecule has 0 fully saturated rings. The van der Waals surface area contributed by atoms with E-state index in [2.05, 4.69) is 4.98 Å². The first-order chi connectivity index (χ1) is 16.9. The molecule has 10 heteroatoms. The maximum absolute atomic E-state index is 14.2. The molecule has 35 heavy (non-hydrogen) atoms. The number of sulfonamides is 1. The molecule has 0 aliphatic heterocycles. The molecule has 0 unspecified atom stereocenters. The number of carbonyl (C=O) groups is 1. The third-order valence-corrected chi connectivity index (χ3v) is 8.07. The molecule has 3 aromatic carbocycles. The molecule has 0 atom stereocenters. The Labute approximate surface area is 201 Å². The number of nitrogens with zero attached hydrogens (tertiary/aromatic N) is 2. The first-order valence-corrected chi connectivity index (χ1v) is 12.6. The predicted molar refractivity (Wildman–Crippen MR) is 132 cm³/mol. The Hall–Kier alpha value is -4.28. The highest BCUT2D eigenvalue weighted by atomic mass is 32.2. The number of anilines is 1. The summed E-state index contributed by atoms with van der Waals surface area (Å²) in [6.45, 7) is 0. The number of rotatable bonds is 4. The number of fused-ring (bicyclic) bond motifs is 4. The zero-order valence-electron chi connectivity index (χ0n) is 17.7. The molecule has 0 aliphatic rings. The molecule has 0 bridgehead atoms. The largest absolute Gasteiger partial charge is 0.459 e. The Morgan fingerprint density at radius 3 is 2.54 bits per heavy atom. The highest BCUT2D eigenvalue weighted by Gasteiger charge is 2.36. The fourth-order valence-electron chi connectivity index (χ4n) is 4.08. The summed E-state index contributed by atoms with van der Waals surface area (Å²) in [6, 6.07) is 19.4. The highest BCUT2D eigenvalue weighted by molar-refractivity contribution is 7.93. The fourth-order valence-corrected chi connectivity index (χ4v) is 6.38. The third-order valence-electron chi connectivity index (χ3n) is 5.57. The van der Waals surface area contributed by atoms with Crippen LogP contribution in [0.15, 0.2) is 104 Å². The van der Waals surface area contributed by atoms with Gasteiger partial charge in [0.25, 0.3) is 10.0 Å². The summed E-state index contributed by atoms with van der Waals surface area (Å²) in [5.74, 6) is -1.05. The van der Waals surface area contributed by atoms with Crippen LogP contribution >= 0.6 is 11.3 Å². The van der Waals surface area contributed by atoms with E-state index in [4.69, 9.17) is 8.83 Å². The Kier molecular flexibility index (Phi) is 4.80. The molecule has 6 rings (SSSR count). The number of amides is 1. The molecule has 3 heterocycles. The van der Waals surface area contributed by atoms with Gasteiger partial charge in [0, 0.05) is 22.4 Å². The van der Waals surface area contributed by atoms with Gasteiger partial charge in [0.05, 0.1) is 22.2 Å². The Morgan fingerprint density at radius 1 is 0.943 bits per heavy atom. The second-order valence-corrected chi connectivity index (χ2v) is 10.3. The number of aromatic nitrogens is 1. The molecule has 0 radical (unpaired) electrons. The quantitative estimate of drug-likeness (QED) is 0.326. The van der Waals surface area contributed by atoms with Crippen LogP contribution in [0.5, 0.6) is 0 Å². The van der Waals surface area contributed by atoms with Crippen molar-refractivity contribution in [1.82, 2.24) is 4.98 Å². The van der Waals surface area contributed by atoms with Crippen LogP contribution in [0.4, 0.5) is 5.69 Å². The summed E-state index contributed by atoms with van der Waals surface area (Å²) in [6.07, 6.45) is 2.78. The summed E-state index contributed by atoms with van der Waals surface area (Å²) in [7, 11) is -4.50. The molecular weight excluding hydrogens is 488 g/mol. The van der Waals surface area contributed by atoms with Gasteiger partial charge in [-0.2, -0.15) is 4.31 Å². The monoisotopic (exact) mass is 502 g/mol. The number of pyridine rings is 1. The van der Waals surface area contributed by atoms with Crippen LogP contribution in [0.2, 0.25) is 0 Å². The van der Waals surface area contributed by atoms with Crippen molar-refractivity contribution in [3.8, 4) is 0 Å². The van der Waals surface area contributed by atoms with Crippen molar-refractivity contribution in [2.45, 2.75) is 4.90 Å². The van der Waals surface area contributed by atoms with Crippen molar-refractivity contribution < 1.29 is 22.0 Å².